The maximum absolute atomic E-state index is 13.6. The van der Waals surface area contributed by atoms with E-state index in [4.69, 9.17) is 5.73 Å². The van der Waals surface area contributed by atoms with E-state index in [1.165, 1.54) is 4.31 Å². The van der Waals surface area contributed by atoms with E-state index in [0.717, 1.165) is 18.9 Å². The number of sulfonamides is 1. The van der Waals surface area contributed by atoms with Crippen molar-refractivity contribution in [3.63, 3.8) is 0 Å². The number of nitrogens with zero attached hydrogens (tertiary/aromatic N) is 1. The van der Waals surface area contributed by atoms with E-state index >= 15 is 0 Å². The van der Waals surface area contributed by atoms with Crippen LogP contribution < -0.4 is 5.73 Å². The molecule has 0 bridgehead atoms. The van der Waals surface area contributed by atoms with Crippen LogP contribution in [0.1, 0.15) is 18.4 Å². The summed E-state index contributed by atoms with van der Waals surface area (Å²) < 4.78 is 77.6. The Balaban J connectivity index is 0.00000208. The molecule has 2 aliphatic rings. The van der Waals surface area contributed by atoms with Gasteiger partial charge in [-0.15, -0.1) is 12.4 Å². The standard InChI is InChI=1S/C14H16F4N2O2S.ClH/c15-12-5-9(2-3-11(12)14(16,17)18)23(21,22)20-6-8-1-4-13(19)10(8)7-20;/h2-3,5,8,10,13H,1,4,6-7,19H2;1H. The zero-order chi connectivity index (χ0) is 17.0. The van der Waals surface area contributed by atoms with Crippen LogP contribution in [-0.2, 0) is 16.2 Å². The smallest absolute Gasteiger partial charge is 0.327 e. The number of fused-ring (bicyclic) bond motifs is 1. The zero-order valence-electron chi connectivity index (χ0n) is 12.5. The Morgan fingerprint density at radius 3 is 2.38 bits per heavy atom. The predicted octanol–water partition coefficient (Wildman–Crippen LogP) is 2.62. The van der Waals surface area contributed by atoms with Gasteiger partial charge in [-0.25, -0.2) is 12.8 Å². The minimum Gasteiger partial charge on any atom is -0.327 e. The maximum Gasteiger partial charge on any atom is 0.419 e. The molecule has 2 fully saturated rings. The van der Waals surface area contributed by atoms with Crippen LogP contribution in [0, 0.1) is 17.7 Å². The van der Waals surface area contributed by atoms with Gasteiger partial charge < -0.3 is 5.73 Å². The van der Waals surface area contributed by atoms with Crippen LogP contribution in [0.5, 0.6) is 0 Å². The number of alkyl halides is 3. The molecule has 0 aromatic heterocycles. The Kier molecular flexibility index (Phi) is 5.21. The highest BCUT2D eigenvalue weighted by atomic mass is 35.5. The quantitative estimate of drug-likeness (QED) is 0.792. The fourth-order valence-electron chi connectivity index (χ4n) is 3.50. The average Bonchev–Trinajstić information content (AvgIpc) is 3.00. The molecule has 10 heteroatoms. The van der Waals surface area contributed by atoms with Crippen molar-refractivity contribution in [2.45, 2.75) is 30.0 Å². The van der Waals surface area contributed by atoms with E-state index in [9.17, 15) is 26.0 Å². The van der Waals surface area contributed by atoms with Crippen molar-refractivity contribution in [1.82, 2.24) is 4.31 Å². The van der Waals surface area contributed by atoms with Crippen LogP contribution in [0.25, 0.3) is 0 Å². The summed E-state index contributed by atoms with van der Waals surface area (Å²) in [6.07, 6.45) is -3.18. The summed E-state index contributed by atoms with van der Waals surface area (Å²) in [5.41, 5.74) is 4.47. The van der Waals surface area contributed by atoms with Gasteiger partial charge in [-0.3, -0.25) is 0 Å². The SMILES string of the molecule is Cl.NC1CCC2CN(S(=O)(=O)c3ccc(C(F)(F)F)c(F)c3)CC12. The van der Waals surface area contributed by atoms with E-state index in [0.29, 0.717) is 12.1 Å². The summed E-state index contributed by atoms with van der Waals surface area (Å²) in [5, 5.41) is 0. The molecule has 1 saturated carbocycles. The molecule has 1 aliphatic carbocycles. The molecule has 4 nitrogen and oxygen atoms in total. The normalized spacial score (nSPS) is 27.8. The van der Waals surface area contributed by atoms with Crippen LogP contribution in [0.15, 0.2) is 23.1 Å². The lowest BCUT2D eigenvalue weighted by Gasteiger charge is -2.19. The summed E-state index contributed by atoms with van der Waals surface area (Å²) in [7, 11) is -4.02. The van der Waals surface area contributed by atoms with Gasteiger partial charge in [0.15, 0.2) is 0 Å². The summed E-state index contributed by atoms with van der Waals surface area (Å²) in [6.45, 7) is 0.514. The highest BCUT2D eigenvalue weighted by Gasteiger charge is 2.45. The molecule has 0 spiro atoms. The van der Waals surface area contributed by atoms with Gasteiger partial charge in [-0.2, -0.15) is 17.5 Å². The summed E-state index contributed by atoms with van der Waals surface area (Å²) in [6, 6.07) is 1.64. The van der Waals surface area contributed by atoms with Crippen molar-refractivity contribution >= 4 is 22.4 Å². The Morgan fingerprint density at radius 1 is 1.17 bits per heavy atom. The first-order valence-electron chi connectivity index (χ1n) is 7.23. The second-order valence-electron chi connectivity index (χ2n) is 6.13. The second-order valence-corrected chi connectivity index (χ2v) is 8.06. The Morgan fingerprint density at radius 2 is 1.83 bits per heavy atom. The van der Waals surface area contributed by atoms with E-state index in [2.05, 4.69) is 0 Å². The van der Waals surface area contributed by atoms with Gasteiger partial charge in [0.2, 0.25) is 10.0 Å². The number of hydrogen-bond donors (Lipinski definition) is 1. The van der Waals surface area contributed by atoms with Crippen LogP contribution in [0.4, 0.5) is 17.6 Å². The monoisotopic (exact) mass is 388 g/mol. The fourth-order valence-corrected chi connectivity index (χ4v) is 5.04. The van der Waals surface area contributed by atoms with E-state index in [-0.39, 0.29) is 43.4 Å². The topological polar surface area (TPSA) is 63.4 Å². The third-order valence-corrected chi connectivity index (χ3v) is 6.59. The first-order valence-corrected chi connectivity index (χ1v) is 8.67. The summed E-state index contributed by atoms with van der Waals surface area (Å²) in [4.78, 5) is -0.462. The van der Waals surface area contributed by atoms with Crippen LogP contribution in [0.3, 0.4) is 0 Å². The molecular weight excluding hydrogens is 372 g/mol. The molecule has 3 atom stereocenters. The number of benzene rings is 1. The predicted molar refractivity (Wildman–Crippen MR) is 81.6 cm³/mol. The lowest BCUT2D eigenvalue weighted by Crippen LogP contribution is -2.33. The molecule has 0 amide bonds. The highest BCUT2D eigenvalue weighted by Crippen LogP contribution is 2.40. The molecule has 1 aromatic carbocycles. The van der Waals surface area contributed by atoms with Crippen molar-refractivity contribution in [3.8, 4) is 0 Å². The van der Waals surface area contributed by atoms with Crippen molar-refractivity contribution < 1.29 is 26.0 Å². The molecule has 1 heterocycles. The molecule has 136 valence electrons. The maximum atomic E-state index is 13.6. The van der Waals surface area contributed by atoms with Gasteiger partial charge in [0.25, 0.3) is 0 Å². The van der Waals surface area contributed by atoms with Gasteiger partial charge in [-0.05, 0) is 42.9 Å². The molecule has 24 heavy (non-hydrogen) atoms. The van der Waals surface area contributed by atoms with Crippen molar-refractivity contribution in [3.05, 3.63) is 29.6 Å². The Hall–Kier alpha value is -0.900. The minimum atomic E-state index is -4.86. The van der Waals surface area contributed by atoms with Crippen molar-refractivity contribution in [2.24, 2.45) is 17.6 Å². The molecule has 0 radical (unpaired) electrons. The first-order chi connectivity index (χ1) is 10.6. The molecular formula is C14H17ClF4N2O2S. The second kappa shape index (κ2) is 6.44. The zero-order valence-corrected chi connectivity index (χ0v) is 14.1. The van der Waals surface area contributed by atoms with E-state index < -0.39 is 32.5 Å². The van der Waals surface area contributed by atoms with E-state index in [1.54, 1.807) is 0 Å². The van der Waals surface area contributed by atoms with E-state index in [1.807, 2.05) is 0 Å². The van der Waals surface area contributed by atoms with Crippen LogP contribution in [-0.4, -0.2) is 31.9 Å². The number of halogens is 5. The molecule has 1 aliphatic heterocycles. The average molecular weight is 389 g/mol. The van der Waals surface area contributed by atoms with Gasteiger partial charge in [-0.1, -0.05) is 0 Å². The Bertz CT molecular complexity index is 726. The first kappa shape index (κ1) is 19.4. The van der Waals surface area contributed by atoms with Crippen molar-refractivity contribution in [1.29, 1.82) is 0 Å². The number of hydrogen-bond acceptors (Lipinski definition) is 3. The van der Waals surface area contributed by atoms with Crippen molar-refractivity contribution in [2.75, 3.05) is 13.1 Å². The largest absolute Gasteiger partial charge is 0.419 e. The third kappa shape index (κ3) is 3.26. The fraction of sp³-hybridized carbons (Fsp3) is 0.571. The van der Waals surface area contributed by atoms with Gasteiger partial charge in [0.05, 0.1) is 10.5 Å². The van der Waals surface area contributed by atoms with Gasteiger partial charge in [0, 0.05) is 19.1 Å². The Labute approximate surface area is 143 Å². The highest BCUT2D eigenvalue weighted by molar-refractivity contribution is 7.89. The number of nitrogens with two attached hydrogens (primary N) is 1. The summed E-state index contributed by atoms with van der Waals surface area (Å²) >= 11 is 0. The third-order valence-electron chi connectivity index (χ3n) is 4.76. The molecule has 3 unspecified atom stereocenters. The lowest BCUT2D eigenvalue weighted by atomic mass is 9.98. The van der Waals surface area contributed by atoms with Gasteiger partial charge >= 0.3 is 6.18 Å². The van der Waals surface area contributed by atoms with Gasteiger partial charge in [0.1, 0.15) is 5.82 Å². The molecule has 1 aromatic rings. The summed E-state index contributed by atoms with van der Waals surface area (Å²) in [5.74, 6) is -1.36. The molecule has 3 rings (SSSR count). The van der Waals surface area contributed by atoms with Crippen LogP contribution >= 0.6 is 12.4 Å². The minimum absolute atomic E-state index is 0. The molecule has 2 N–H and O–H groups in total. The molecule has 1 saturated heterocycles. The van der Waals surface area contributed by atoms with Crippen LogP contribution in [0.2, 0.25) is 0 Å². The number of rotatable bonds is 2. The lowest BCUT2D eigenvalue weighted by molar-refractivity contribution is -0.140.